The maximum atomic E-state index is 4.78. The first-order valence-electron chi connectivity index (χ1n) is 8.66. The Morgan fingerprint density at radius 1 is 1.32 bits per heavy atom. The predicted octanol–water partition coefficient (Wildman–Crippen LogP) is 3.88. The van der Waals surface area contributed by atoms with Crippen molar-refractivity contribution in [2.45, 2.75) is 40.0 Å². The lowest BCUT2D eigenvalue weighted by atomic mass is 9.72. The fourth-order valence-corrected chi connectivity index (χ4v) is 5.07. The quantitative estimate of drug-likeness (QED) is 0.564. The molecule has 4 aromatic heterocycles. The number of aryl methyl sites for hydroxylation is 1. The van der Waals surface area contributed by atoms with Crippen LogP contribution in [0.4, 0.5) is 0 Å². The normalized spacial score (nSPS) is 18.1. The molecule has 0 saturated carbocycles. The van der Waals surface area contributed by atoms with E-state index >= 15 is 0 Å². The summed E-state index contributed by atoms with van der Waals surface area (Å²) in [6.07, 6.45) is 6.96. The van der Waals surface area contributed by atoms with Crippen molar-refractivity contribution >= 4 is 27.2 Å². The molecule has 1 N–H and O–H groups in total. The van der Waals surface area contributed by atoms with Gasteiger partial charge in [0.2, 0.25) is 0 Å². The zero-order chi connectivity index (χ0) is 17.2. The van der Waals surface area contributed by atoms with Crippen LogP contribution in [0.25, 0.3) is 27.4 Å². The topological polar surface area (TPSA) is 71.8 Å². The number of rotatable bonds is 1. The summed E-state index contributed by atoms with van der Waals surface area (Å²) in [7, 11) is 0. The smallest absolute Gasteiger partial charge is 0.200 e. The van der Waals surface area contributed by atoms with Crippen LogP contribution in [0, 0.1) is 11.3 Å². The number of aromatic nitrogens is 6. The van der Waals surface area contributed by atoms with Crippen LogP contribution in [-0.4, -0.2) is 29.8 Å². The molecule has 1 aliphatic rings. The van der Waals surface area contributed by atoms with E-state index in [2.05, 4.69) is 41.1 Å². The van der Waals surface area contributed by atoms with E-state index in [1.165, 1.54) is 22.2 Å². The third-order valence-electron chi connectivity index (χ3n) is 5.35. The predicted molar refractivity (Wildman–Crippen MR) is 98.7 cm³/mol. The van der Waals surface area contributed by atoms with Gasteiger partial charge in [-0.1, -0.05) is 20.8 Å². The van der Waals surface area contributed by atoms with Gasteiger partial charge >= 0.3 is 0 Å². The van der Waals surface area contributed by atoms with Crippen molar-refractivity contribution in [3.05, 3.63) is 29.0 Å². The molecule has 128 valence electrons. The molecular formula is C18H20N6S. The highest BCUT2D eigenvalue weighted by atomic mass is 32.1. The van der Waals surface area contributed by atoms with Crippen LogP contribution >= 0.6 is 11.3 Å². The number of hydrogen-bond acceptors (Lipinski definition) is 5. The summed E-state index contributed by atoms with van der Waals surface area (Å²) in [4.78, 5) is 12.0. The number of hydrogen-bond donors (Lipinski definition) is 1. The molecule has 6 nitrogen and oxygen atoms in total. The van der Waals surface area contributed by atoms with Gasteiger partial charge in [0.1, 0.15) is 16.9 Å². The average Bonchev–Trinajstić information content (AvgIpc) is 3.29. The molecule has 0 spiro atoms. The van der Waals surface area contributed by atoms with Gasteiger partial charge in [-0.05, 0) is 42.2 Å². The van der Waals surface area contributed by atoms with Crippen molar-refractivity contribution in [3.63, 3.8) is 0 Å². The van der Waals surface area contributed by atoms with E-state index < -0.39 is 0 Å². The number of aromatic amines is 1. The Balaban J connectivity index is 1.68. The van der Waals surface area contributed by atoms with E-state index in [0.717, 1.165) is 34.9 Å². The Bertz CT molecular complexity index is 1070. The van der Waals surface area contributed by atoms with Crippen molar-refractivity contribution in [1.82, 2.24) is 29.8 Å². The second-order valence-electron chi connectivity index (χ2n) is 7.91. The molecule has 1 unspecified atom stereocenters. The van der Waals surface area contributed by atoms with Gasteiger partial charge in [-0.25, -0.2) is 14.5 Å². The Morgan fingerprint density at radius 2 is 2.20 bits per heavy atom. The molecule has 7 heteroatoms. The molecule has 4 heterocycles. The van der Waals surface area contributed by atoms with Crippen LogP contribution < -0.4 is 0 Å². The number of nitrogens with zero attached hydrogens (tertiary/aromatic N) is 5. The molecule has 0 radical (unpaired) electrons. The first-order valence-corrected chi connectivity index (χ1v) is 9.48. The van der Waals surface area contributed by atoms with Gasteiger partial charge in [0.15, 0.2) is 11.5 Å². The molecule has 4 aromatic rings. The summed E-state index contributed by atoms with van der Waals surface area (Å²) in [5, 5.41) is 12.7. The van der Waals surface area contributed by atoms with Gasteiger partial charge in [-0.3, -0.25) is 5.10 Å². The lowest BCUT2D eigenvalue weighted by Crippen LogP contribution is -2.26. The molecule has 0 aliphatic heterocycles. The summed E-state index contributed by atoms with van der Waals surface area (Å²) in [5.74, 6) is 1.39. The van der Waals surface area contributed by atoms with Crippen molar-refractivity contribution < 1.29 is 0 Å². The minimum Gasteiger partial charge on any atom is -0.275 e. The van der Waals surface area contributed by atoms with Gasteiger partial charge in [0.25, 0.3) is 0 Å². The fraction of sp³-hybridized carbons (Fsp3) is 0.444. The largest absolute Gasteiger partial charge is 0.275 e. The number of nitrogens with one attached hydrogen (secondary N) is 1. The van der Waals surface area contributed by atoms with E-state index in [1.807, 2.05) is 17.4 Å². The second kappa shape index (κ2) is 5.11. The highest BCUT2D eigenvalue weighted by molar-refractivity contribution is 7.19. The first kappa shape index (κ1) is 15.0. The van der Waals surface area contributed by atoms with Gasteiger partial charge in [-0.2, -0.15) is 5.10 Å². The summed E-state index contributed by atoms with van der Waals surface area (Å²) >= 11 is 1.83. The lowest BCUT2D eigenvalue weighted by molar-refractivity contribution is 0.218. The molecule has 0 amide bonds. The Labute approximate surface area is 149 Å². The molecule has 1 atom stereocenters. The zero-order valence-electron chi connectivity index (χ0n) is 14.6. The molecule has 0 aromatic carbocycles. The van der Waals surface area contributed by atoms with E-state index in [1.54, 1.807) is 17.0 Å². The number of thiophene rings is 1. The van der Waals surface area contributed by atoms with E-state index in [-0.39, 0.29) is 0 Å². The van der Waals surface area contributed by atoms with E-state index in [4.69, 9.17) is 4.98 Å². The third-order valence-corrected chi connectivity index (χ3v) is 6.51. The average molecular weight is 352 g/mol. The summed E-state index contributed by atoms with van der Waals surface area (Å²) in [6.45, 7) is 7.05. The van der Waals surface area contributed by atoms with Crippen LogP contribution in [-0.2, 0) is 12.8 Å². The molecule has 0 saturated heterocycles. The summed E-state index contributed by atoms with van der Waals surface area (Å²) in [6, 6.07) is 1.89. The Kier molecular flexibility index (Phi) is 3.07. The molecular weight excluding hydrogens is 332 g/mol. The van der Waals surface area contributed by atoms with Gasteiger partial charge in [0.05, 0.1) is 5.39 Å². The Morgan fingerprint density at radius 3 is 2.96 bits per heavy atom. The van der Waals surface area contributed by atoms with Gasteiger partial charge < -0.3 is 0 Å². The van der Waals surface area contributed by atoms with E-state index in [0.29, 0.717) is 11.2 Å². The van der Waals surface area contributed by atoms with Crippen molar-refractivity contribution in [2.75, 3.05) is 0 Å². The minimum absolute atomic E-state index is 0.346. The molecule has 0 fully saturated rings. The van der Waals surface area contributed by atoms with Crippen LogP contribution in [0.15, 0.2) is 18.6 Å². The lowest BCUT2D eigenvalue weighted by Gasteiger charge is -2.33. The van der Waals surface area contributed by atoms with Crippen molar-refractivity contribution in [2.24, 2.45) is 11.3 Å². The minimum atomic E-state index is 0.346. The first-order chi connectivity index (χ1) is 12.0. The van der Waals surface area contributed by atoms with Crippen molar-refractivity contribution in [1.29, 1.82) is 0 Å². The maximum absolute atomic E-state index is 4.78. The summed E-state index contributed by atoms with van der Waals surface area (Å²) in [5.41, 5.74) is 3.51. The monoisotopic (exact) mass is 352 g/mol. The standard InChI is InChI=1S/C18H20N6S/c1-18(2,3)10-4-5-11-13(8-10)25-17-14(11)16-21-15(12-6-7-20-22-12)23-24(16)9-19-17/h6-7,9-10H,4-5,8H2,1-3H3,(H,20,22). The van der Waals surface area contributed by atoms with Gasteiger partial charge in [0, 0.05) is 11.1 Å². The maximum Gasteiger partial charge on any atom is 0.200 e. The van der Waals surface area contributed by atoms with Crippen LogP contribution in [0.2, 0.25) is 0 Å². The van der Waals surface area contributed by atoms with E-state index in [9.17, 15) is 0 Å². The molecule has 25 heavy (non-hydrogen) atoms. The molecule has 5 rings (SSSR count). The summed E-state index contributed by atoms with van der Waals surface area (Å²) < 4.78 is 1.79. The highest BCUT2D eigenvalue weighted by Crippen LogP contribution is 2.43. The van der Waals surface area contributed by atoms with Crippen LogP contribution in [0.1, 0.15) is 37.6 Å². The molecule has 1 aliphatic carbocycles. The third kappa shape index (κ3) is 2.29. The van der Waals surface area contributed by atoms with Crippen LogP contribution in [0.5, 0.6) is 0 Å². The number of fused-ring (bicyclic) bond motifs is 5. The highest BCUT2D eigenvalue weighted by Gasteiger charge is 2.31. The SMILES string of the molecule is CC(C)(C)C1CCc2c(sc3ncn4nc(-c5ccn[nH]5)nc4c23)C1. The fourth-order valence-electron chi connectivity index (χ4n) is 3.81. The molecule has 0 bridgehead atoms. The van der Waals surface area contributed by atoms with Crippen LogP contribution in [0.3, 0.4) is 0 Å². The second-order valence-corrected chi connectivity index (χ2v) is 8.99. The Hall–Kier alpha value is -2.28. The van der Waals surface area contributed by atoms with Crippen molar-refractivity contribution in [3.8, 4) is 11.5 Å². The number of H-pyrrole nitrogens is 1. The van der Waals surface area contributed by atoms with Gasteiger partial charge in [-0.15, -0.1) is 16.4 Å². The zero-order valence-corrected chi connectivity index (χ0v) is 15.4.